The maximum atomic E-state index is 11.8. The van der Waals surface area contributed by atoms with Crippen LogP contribution >= 0.6 is 0 Å². The molecule has 108 valence electrons. The zero-order valence-electron chi connectivity index (χ0n) is 11.6. The molecule has 0 radical (unpaired) electrons. The monoisotopic (exact) mass is 268 g/mol. The Morgan fingerprint density at radius 2 is 2.21 bits per heavy atom. The summed E-state index contributed by atoms with van der Waals surface area (Å²) < 4.78 is 5.81. The van der Waals surface area contributed by atoms with E-state index in [0.717, 1.165) is 38.8 Å². The Morgan fingerprint density at radius 1 is 1.42 bits per heavy atom. The summed E-state index contributed by atoms with van der Waals surface area (Å²) >= 11 is 0. The molecule has 3 unspecified atom stereocenters. The van der Waals surface area contributed by atoms with Crippen molar-refractivity contribution in [2.45, 2.75) is 49.8 Å². The zero-order valence-corrected chi connectivity index (χ0v) is 11.6. The molecule has 2 N–H and O–H groups in total. The van der Waals surface area contributed by atoms with Crippen LogP contribution in [-0.2, 0) is 9.53 Å². The second kappa shape index (κ2) is 5.04. The molecule has 1 saturated heterocycles. The second-order valence-electron chi connectivity index (χ2n) is 6.18. The van der Waals surface area contributed by atoms with E-state index >= 15 is 0 Å². The predicted molar refractivity (Wildman–Crippen MR) is 71.1 cm³/mol. The number of carboxylic acids is 1. The van der Waals surface area contributed by atoms with E-state index < -0.39 is 11.5 Å². The highest BCUT2D eigenvalue weighted by molar-refractivity contribution is 5.80. The number of ether oxygens (including phenoxy) is 1. The summed E-state index contributed by atoms with van der Waals surface area (Å²) in [5.41, 5.74) is -0.759. The minimum absolute atomic E-state index is 0.290. The number of aliphatic carboxylic acids is 1. The number of carboxylic acid groups (broad SMARTS) is 1. The fourth-order valence-corrected chi connectivity index (χ4v) is 3.86. The first-order valence-corrected chi connectivity index (χ1v) is 7.45. The molecule has 3 atom stereocenters. The van der Waals surface area contributed by atoms with Crippen LogP contribution in [-0.4, -0.2) is 60.4 Å². The molecule has 2 saturated carbocycles. The van der Waals surface area contributed by atoms with Crippen LogP contribution in [0.25, 0.3) is 0 Å². The number of morpholine rings is 1. The first-order valence-electron chi connectivity index (χ1n) is 7.45. The molecule has 0 amide bonds. The maximum absolute atomic E-state index is 11.8. The molecule has 0 bridgehead atoms. The number of hydrogen-bond acceptors (Lipinski definition) is 4. The number of carbonyl (C=O) groups is 1. The Bertz CT molecular complexity index is 359. The third-order valence-electron chi connectivity index (χ3n) is 5.15. The number of nitrogens with one attached hydrogen (secondary N) is 1. The van der Waals surface area contributed by atoms with Crippen molar-refractivity contribution in [1.82, 2.24) is 10.2 Å². The molecule has 3 aliphatic rings. The van der Waals surface area contributed by atoms with E-state index in [1.807, 2.05) is 0 Å². The minimum Gasteiger partial charge on any atom is -0.480 e. The molecule has 3 fully saturated rings. The average molecular weight is 268 g/mol. The highest BCUT2D eigenvalue weighted by Gasteiger charge is 2.52. The molecule has 0 aromatic rings. The molecule has 2 aliphatic carbocycles. The van der Waals surface area contributed by atoms with Gasteiger partial charge in [-0.15, -0.1) is 0 Å². The number of nitrogens with zero attached hydrogens (tertiary/aromatic N) is 1. The molecule has 5 nitrogen and oxygen atoms in total. The van der Waals surface area contributed by atoms with Crippen LogP contribution in [0.5, 0.6) is 0 Å². The van der Waals surface area contributed by atoms with Crippen molar-refractivity contribution in [2.24, 2.45) is 5.92 Å². The zero-order chi connectivity index (χ0) is 13.5. The Morgan fingerprint density at radius 3 is 2.84 bits per heavy atom. The third kappa shape index (κ3) is 2.28. The average Bonchev–Trinajstić information content (AvgIpc) is 3.13. The van der Waals surface area contributed by atoms with Crippen LogP contribution in [0.15, 0.2) is 0 Å². The van der Waals surface area contributed by atoms with E-state index in [1.165, 1.54) is 6.42 Å². The Labute approximate surface area is 114 Å². The Balaban J connectivity index is 1.75. The minimum atomic E-state index is -0.759. The summed E-state index contributed by atoms with van der Waals surface area (Å²) in [5.74, 6) is -0.406. The van der Waals surface area contributed by atoms with Crippen molar-refractivity contribution in [3.63, 3.8) is 0 Å². The summed E-state index contributed by atoms with van der Waals surface area (Å²) in [6.45, 7) is 2.23. The first kappa shape index (κ1) is 13.3. The fourth-order valence-electron chi connectivity index (χ4n) is 3.86. The van der Waals surface area contributed by atoms with E-state index in [4.69, 9.17) is 4.74 Å². The summed E-state index contributed by atoms with van der Waals surface area (Å²) in [6.07, 6.45) is 5.88. The largest absolute Gasteiger partial charge is 0.480 e. The van der Waals surface area contributed by atoms with Crippen LogP contribution in [0.2, 0.25) is 0 Å². The lowest BCUT2D eigenvalue weighted by atomic mass is 9.91. The summed E-state index contributed by atoms with van der Waals surface area (Å²) in [6, 6.07) is 0.430. The second-order valence-corrected chi connectivity index (χ2v) is 6.18. The van der Waals surface area contributed by atoms with Crippen molar-refractivity contribution in [2.75, 3.05) is 26.7 Å². The van der Waals surface area contributed by atoms with Gasteiger partial charge in [0.2, 0.25) is 0 Å². The van der Waals surface area contributed by atoms with Gasteiger partial charge in [-0.2, -0.15) is 0 Å². The number of hydrogen-bond donors (Lipinski definition) is 2. The molecule has 19 heavy (non-hydrogen) atoms. The van der Waals surface area contributed by atoms with Gasteiger partial charge in [-0.1, -0.05) is 0 Å². The molecular weight excluding hydrogens is 244 g/mol. The Hall–Kier alpha value is -0.650. The molecule has 0 aromatic carbocycles. The summed E-state index contributed by atoms with van der Waals surface area (Å²) in [5, 5.41) is 12.8. The summed E-state index contributed by atoms with van der Waals surface area (Å²) in [4.78, 5) is 14.1. The molecule has 1 aliphatic heterocycles. The quantitative estimate of drug-likeness (QED) is 0.768. The van der Waals surface area contributed by atoms with Crippen molar-refractivity contribution < 1.29 is 14.6 Å². The molecule has 5 heteroatoms. The highest BCUT2D eigenvalue weighted by Crippen LogP contribution is 2.41. The van der Waals surface area contributed by atoms with Crippen LogP contribution in [0, 0.1) is 5.92 Å². The van der Waals surface area contributed by atoms with Crippen molar-refractivity contribution in [3.8, 4) is 0 Å². The van der Waals surface area contributed by atoms with Crippen LogP contribution in [0.1, 0.15) is 32.1 Å². The molecular formula is C14H24N2O3. The highest BCUT2D eigenvalue weighted by atomic mass is 16.5. The van der Waals surface area contributed by atoms with Crippen molar-refractivity contribution in [3.05, 3.63) is 0 Å². The van der Waals surface area contributed by atoms with Crippen LogP contribution < -0.4 is 5.32 Å². The SMILES string of the molecule is CNC(CN1CCOC2CCCC21)(C(=O)O)C1CC1. The van der Waals surface area contributed by atoms with Gasteiger partial charge in [-0.3, -0.25) is 9.69 Å². The lowest BCUT2D eigenvalue weighted by molar-refractivity contribution is -0.148. The predicted octanol–water partition coefficient (Wildman–Crippen LogP) is 0.693. The van der Waals surface area contributed by atoms with Gasteiger partial charge in [0.05, 0.1) is 12.7 Å². The topological polar surface area (TPSA) is 61.8 Å². The Kier molecular flexibility index (Phi) is 3.53. The summed E-state index contributed by atoms with van der Waals surface area (Å²) in [7, 11) is 1.79. The standard InChI is InChI=1S/C14H24N2O3/c1-15-14(13(17)18,10-5-6-10)9-16-7-8-19-12-4-2-3-11(12)16/h10-12,15H,2-9H2,1H3,(H,17,18). The first-order chi connectivity index (χ1) is 9.17. The maximum Gasteiger partial charge on any atom is 0.325 e. The normalized spacial score (nSPS) is 34.8. The van der Waals surface area contributed by atoms with Crippen LogP contribution in [0.4, 0.5) is 0 Å². The smallest absolute Gasteiger partial charge is 0.325 e. The van der Waals surface area contributed by atoms with Crippen molar-refractivity contribution >= 4 is 5.97 Å². The van der Waals surface area contributed by atoms with Gasteiger partial charge in [-0.05, 0) is 45.1 Å². The van der Waals surface area contributed by atoms with Gasteiger partial charge < -0.3 is 15.2 Å². The van der Waals surface area contributed by atoms with Gasteiger partial charge in [0.1, 0.15) is 5.54 Å². The number of fused-ring (bicyclic) bond motifs is 1. The number of rotatable bonds is 5. The van der Waals surface area contributed by atoms with E-state index in [-0.39, 0.29) is 5.92 Å². The fraction of sp³-hybridized carbons (Fsp3) is 0.929. The van der Waals surface area contributed by atoms with Crippen LogP contribution in [0.3, 0.4) is 0 Å². The van der Waals surface area contributed by atoms with E-state index in [1.54, 1.807) is 7.05 Å². The lowest BCUT2D eigenvalue weighted by Crippen LogP contribution is -2.63. The van der Waals surface area contributed by atoms with E-state index in [2.05, 4.69) is 10.2 Å². The van der Waals surface area contributed by atoms with E-state index in [9.17, 15) is 9.90 Å². The van der Waals surface area contributed by atoms with Crippen molar-refractivity contribution in [1.29, 1.82) is 0 Å². The number of likely N-dealkylation sites (N-methyl/N-ethyl adjacent to an activating group) is 1. The van der Waals surface area contributed by atoms with Gasteiger partial charge in [0.25, 0.3) is 0 Å². The van der Waals surface area contributed by atoms with Gasteiger partial charge in [-0.25, -0.2) is 0 Å². The van der Waals surface area contributed by atoms with Gasteiger partial charge in [0, 0.05) is 19.1 Å². The van der Waals surface area contributed by atoms with Gasteiger partial charge >= 0.3 is 5.97 Å². The molecule has 0 spiro atoms. The van der Waals surface area contributed by atoms with Gasteiger partial charge in [0.15, 0.2) is 0 Å². The lowest BCUT2D eigenvalue weighted by Gasteiger charge is -2.42. The van der Waals surface area contributed by atoms with E-state index in [0.29, 0.717) is 18.7 Å². The molecule has 0 aromatic heterocycles. The third-order valence-corrected chi connectivity index (χ3v) is 5.15. The molecule has 3 rings (SSSR count). The molecule has 1 heterocycles.